The second-order valence-corrected chi connectivity index (χ2v) is 6.69. The standard InChI is InChI=1S/C22H28N2O2/c1-5-20(25-4)17-7-6-16(10-12-23)22(14-17)26-21-9-8-19-18(15(21)2)11-13-24(19)3/h6-9,11,13-14,20H,5,10,12,23H2,1-4H3. The van der Waals surface area contributed by atoms with Crippen LogP contribution in [0.1, 0.15) is 36.1 Å². The summed E-state index contributed by atoms with van der Waals surface area (Å²) in [6, 6.07) is 12.6. The Bertz CT molecular complexity index is 895. The molecule has 0 fully saturated rings. The van der Waals surface area contributed by atoms with E-state index in [9.17, 15) is 0 Å². The minimum Gasteiger partial charge on any atom is -0.457 e. The fraction of sp³-hybridized carbons (Fsp3) is 0.364. The summed E-state index contributed by atoms with van der Waals surface area (Å²) in [5.74, 6) is 1.74. The number of methoxy groups -OCH3 is 1. The molecule has 1 atom stereocenters. The highest BCUT2D eigenvalue weighted by Crippen LogP contribution is 2.35. The molecule has 26 heavy (non-hydrogen) atoms. The van der Waals surface area contributed by atoms with E-state index in [2.05, 4.69) is 62.0 Å². The Morgan fingerprint density at radius 3 is 2.62 bits per heavy atom. The van der Waals surface area contributed by atoms with Crippen LogP contribution in [0.4, 0.5) is 0 Å². The van der Waals surface area contributed by atoms with Crippen LogP contribution in [-0.4, -0.2) is 18.2 Å². The molecule has 2 N–H and O–H groups in total. The second-order valence-electron chi connectivity index (χ2n) is 6.69. The van der Waals surface area contributed by atoms with Gasteiger partial charge in [-0.25, -0.2) is 0 Å². The van der Waals surface area contributed by atoms with Crippen molar-refractivity contribution >= 4 is 10.9 Å². The number of hydrogen-bond donors (Lipinski definition) is 1. The van der Waals surface area contributed by atoms with E-state index < -0.39 is 0 Å². The molecule has 0 aliphatic heterocycles. The van der Waals surface area contributed by atoms with Gasteiger partial charge >= 0.3 is 0 Å². The number of rotatable bonds is 7. The highest BCUT2D eigenvalue weighted by atomic mass is 16.5. The quantitative estimate of drug-likeness (QED) is 0.659. The second kappa shape index (κ2) is 7.94. The lowest BCUT2D eigenvalue weighted by atomic mass is 10.0. The number of ether oxygens (including phenoxy) is 2. The monoisotopic (exact) mass is 352 g/mol. The third kappa shape index (κ3) is 3.48. The zero-order chi connectivity index (χ0) is 18.7. The maximum absolute atomic E-state index is 6.37. The summed E-state index contributed by atoms with van der Waals surface area (Å²) in [4.78, 5) is 0. The van der Waals surface area contributed by atoms with Crippen molar-refractivity contribution in [1.82, 2.24) is 4.57 Å². The number of nitrogens with two attached hydrogens (primary N) is 1. The summed E-state index contributed by atoms with van der Waals surface area (Å²) in [6.45, 7) is 4.82. The topological polar surface area (TPSA) is 49.4 Å². The summed E-state index contributed by atoms with van der Waals surface area (Å²) < 4.78 is 14.1. The highest BCUT2D eigenvalue weighted by Gasteiger charge is 2.14. The van der Waals surface area contributed by atoms with Gasteiger partial charge in [0.05, 0.1) is 6.10 Å². The average Bonchev–Trinajstić information content (AvgIpc) is 3.02. The first-order valence-corrected chi connectivity index (χ1v) is 9.17. The molecule has 3 aromatic rings. The van der Waals surface area contributed by atoms with Gasteiger partial charge in [-0.15, -0.1) is 0 Å². The maximum Gasteiger partial charge on any atom is 0.131 e. The minimum atomic E-state index is 0.0713. The van der Waals surface area contributed by atoms with Crippen LogP contribution in [0.3, 0.4) is 0 Å². The molecule has 2 aromatic carbocycles. The normalized spacial score (nSPS) is 12.5. The fourth-order valence-electron chi connectivity index (χ4n) is 3.47. The first kappa shape index (κ1) is 18.5. The summed E-state index contributed by atoms with van der Waals surface area (Å²) in [7, 11) is 3.80. The predicted octanol–water partition coefficient (Wildman–Crippen LogP) is 4.88. The van der Waals surface area contributed by atoms with Crippen LogP contribution in [0.2, 0.25) is 0 Å². The van der Waals surface area contributed by atoms with Gasteiger partial charge in [0.25, 0.3) is 0 Å². The summed E-state index contributed by atoms with van der Waals surface area (Å²) in [6.07, 6.45) is 3.85. The van der Waals surface area contributed by atoms with E-state index in [1.807, 2.05) is 6.07 Å². The van der Waals surface area contributed by atoms with Crippen molar-refractivity contribution in [2.24, 2.45) is 12.8 Å². The number of hydrogen-bond acceptors (Lipinski definition) is 3. The Labute approximate surface area is 155 Å². The van der Waals surface area contributed by atoms with Crippen LogP contribution in [0, 0.1) is 6.92 Å². The first-order valence-electron chi connectivity index (χ1n) is 9.17. The Hall–Kier alpha value is -2.30. The average molecular weight is 352 g/mol. The molecule has 0 saturated carbocycles. The smallest absolute Gasteiger partial charge is 0.131 e. The zero-order valence-electron chi connectivity index (χ0n) is 16.1. The van der Waals surface area contributed by atoms with Crippen molar-refractivity contribution in [3.63, 3.8) is 0 Å². The van der Waals surface area contributed by atoms with Gasteiger partial charge < -0.3 is 19.8 Å². The van der Waals surface area contributed by atoms with Crippen molar-refractivity contribution in [2.45, 2.75) is 32.8 Å². The molecular formula is C22H28N2O2. The Balaban J connectivity index is 2.02. The lowest BCUT2D eigenvalue weighted by Gasteiger charge is -2.18. The van der Waals surface area contributed by atoms with Gasteiger partial charge in [0.2, 0.25) is 0 Å². The zero-order valence-corrected chi connectivity index (χ0v) is 16.1. The molecule has 0 aliphatic carbocycles. The van der Waals surface area contributed by atoms with E-state index in [-0.39, 0.29) is 6.10 Å². The van der Waals surface area contributed by atoms with Gasteiger partial charge in [0.15, 0.2) is 0 Å². The Kier molecular flexibility index (Phi) is 5.64. The van der Waals surface area contributed by atoms with Crippen molar-refractivity contribution in [1.29, 1.82) is 0 Å². The number of fused-ring (bicyclic) bond motifs is 1. The molecule has 0 amide bonds. The van der Waals surface area contributed by atoms with E-state index in [4.69, 9.17) is 15.2 Å². The molecular weight excluding hydrogens is 324 g/mol. The van der Waals surface area contributed by atoms with Crippen molar-refractivity contribution < 1.29 is 9.47 Å². The van der Waals surface area contributed by atoms with E-state index in [1.54, 1.807) is 7.11 Å². The summed E-state index contributed by atoms with van der Waals surface area (Å²) in [5, 5.41) is 1.21. The third-order valence-electron chi connectivity index (χ3n) is 5.04. The number of benzene rings is 2. The van der Waals surface area contributed by atoms with E-state index in [0.717, 1.165) is 41.0 Å². The Morgan fingerprint density at radius 2 is 1.92 bits per heavy atom. The SMILES string of the molecule is CCC(OC)c1ccc(CCN)c(Oc2ccc3c(ccn3C)c2C)c1. The first-order chi connectivity index (χ1) is 12.6. The molecule has 0 spiro atoms. The molecule has 0 saturated heterocycles. The predicted molar refractivity (Wildman–Crippen MR) is 107 cm³/mol. The molecule has 1 aromatic heterocycles. The van der Waals surface area contributed by atoms with Gasteiger partial charge in [-0.05, 0) is 61.7 Å². The lowest BCUT2D eigenvalue weighted by Crippen LogP contribution is -2.06. The summed E-state index contributed by atoms with van der Waals surface area (Å²) in [5.41, 5.74) is 10.4. The number of aromatic nitrogens is 1. The van der Waals surface area contributed by atoms with Crippen LogP contribution in [0.5, 0.6) is 11.5 Å². The maximum atomic E-state index is 6.37. The summed E-state index contributed by atoms with van der Waals surface area (Å²) >= 11 is 0. The molecule has 4 nitrogen and oxygen atoms in total. The Morgan fingerprint density at radius 1 is 1.12 bits per heavy atom. The third-order valence-corrected chi connectivity index (χ3v) is 5.04. The lowest BCUT2D eigenvalue weighted by molar-refractivity contribution is 0.0998. The van der Waals surface area contributed by atoms with Gasteiger partial charge in [-0.3, -0.25) is 0 Å². The van der Waals surface area contributed by atoms with Gasteiger partial charge in [0, 0.05) is 36.8 Å². The van der Waals surface area contributed by atoms with E-state index >= 15 is 0 Å². The molecule has 138 valence electrons. The number of aryl methyl sites for hydroxylation is 2. The molecule has 3 rings (SSSR count). The molecule has 0 bridgehead atoms. The van der Waals surface area contributed by atoms with Gasteiger partial charge in [-0.2, -0.15) is 0 Å². The number of nitrogens with zero attached hydrogens (tertiary/aromatic N) is 1. The van der Waals surface area contributed by atoms with Gasteiger partial charge in [0.1, 0.15) is 11.5 Å². The van der Waals surface area contributed by atoms with Crippen LogP contribution < -0.4 is 10.5 Å². The van der Waals surface area contributed by atoms with E-state index in [1.165, 1.54) is 10.9 Å². The largest absolute Gasteiger partial charge is 0.457 e. The minimum absolute atomic E-state index is 0.0713. The van der Waals surface area contributed by atoms with E-state index in [0.29, 0.717) is 6.54 Å². The van der Waals surface area contributed by atoms with Crippen LogP contribution in [0.15, 0.2) is 42.6 Å². The molecule has 0 aliphatic rings. The van der Waals surface area contributed by atoms with Crippen LogP contribution in [0.25, 0.3) is 10.9 Å². The van der Waals surface area contributed by atoms with Crippen molar-refractivity contribution in [3.05, 3.63) is 59.3 Å². The molecule has 4 heteroatoms. The van der Waals surface area contributed by atoms with Gasteiger partial charge in [-0.1, -0.05) is 19.1 Å². The molecule has 1 unspecified atom stereocenters. The molecule has 1 heterocycles. The fourth-order valence-corrected chi connectivity index (χ4v) is 3.47. The highest BCUT2D eigenvalue weighted by molar-refractivity contribution is 5.85. The van der Waals surface area contributed by atoms with Crippen LogP contribution in [-0.2, 0) is 18.2 Å². The van der Waals surface area contributed by atoms with Crippen LogP contribution >= 0.6 is 0 Å². The van der Waals surface area contributed by atoms with Crippen molar-refractivity contribution in [3.8, 4) is 11.5 Å². The molecule has 0 radical (unpaired) electrons. The van der Waals surface area contributed by atoms with Crippen molar-refractivity contribution in [2.75, 3.05) is 13.7 Å².